The van der Waals surface area contributed by atoms with E-state index in [-0.39, 0.29) is 5.41 Å². The summed E-state index contributed by atoms with van der Waals surface area (Å²) >= 11 is 1.83. The van der Waals surface area contributed by atoms with Crippen molar-refractivity contribution in [3.8, 4) is 28.7 Å². The summed E-state index contributed by atoms with van der Waals surface area (Å²) in [5.41, 5.74) is 14.3. The number of thiophene rings is 1. The largest absolute Gasteiger partial charge is 0.310 e. The number of para-hydroxylation sites is 4. The lowest BCUT2D eigenvalue weighted by Gasteiger charge is -2.25. The zero-order chi connectivity index (χ0) is 37.4. The zero-order valence-electron chi connectivity index (χ0n) is 31.1. The highest BCUT2D eigenvalue weighted by atomic mass is 32.1. The van der Waals surface area contributed by atoms with Crippen LogP contribution in [0.1, 0.15) is 36.1 Å². The van der Waals surface area contributed by atoms with E-state index in [4.69, 9.17) is 0 Å². The molecule has 264 valence electrons. The van der Waals surface area contributed by atoms with Crippen LogP contribution in [0.15, 0.2) is 182 Å². The molecule has 0 aliphatic heterocycles. The Morgan fingerprint density at radius 2 is 1.05 bits per heavy atom. The maximum atomic E-state index is 3.55. The van der Waals surface area contributed by atoms with Crippen molar-refractivity contribution in [1.82, 2.24) is 4.57 Å². The van der Waals surface area contributed by atoms with Gasteiger partial charge < -0.3 is 9.47 Å². The van der Waals surface area contributed by atoms with Gasteiger partial charge in [-0.3, -0.25) is 0 Å². The first-order chi connectivity index (χ1) is 27.5. The average Bonchev–Trinajstić information content (AvgIpc) is 3.85. The monoisotopic (exact) mass is 732 g/mol. The molecule has 11 rings (SSSR count). The Balaban J connectivity index is 0.960. The molecule has 0 spiro atoms. The minimum Gasteiger partial charge on any atom is -0.310 e. The van der Waals surface area contributed by atoms with Crippen LogP contribution in [0.4, 0.5) is 17.1 Å². The molecular weight excluding hydrogens is 697 g/mol. The lowest BCUT2D eigenvalue weighted by molar-refractivity contribution is 0.663. The summed E-state index contributed by atoms with van der Waals surface area (Å²) in [6.07, 6.45) is 0. The first-order valence-corrected chi connectivity index (χ1v) is 20.0. The van der Waals surface area contributed by atoms with Gasteiger partial charge in [0.15, 0.2) is 0 Å². The number of rotatable bonds is 4. The van der Waals surface area contributed by atoms with E-state index in [0.29, 0.717) is 0 Å². The first kappa shape index (κ1) is 32.6. The van der Waals surface area contributed by atoms with Crippen molar-refractivity contribution in [3.05, 3.63) is 204 Å². The van der Waals surface area contributed by atoms with Gasteiger partial charge in [0.05, 0.1) is 11.0 Å². The van der Waals surface area contributed by atoms with Crippen LogP contribution in [0, 0.1) is 11.8 Å². The van der Waals surface area contributed by atoms with Crippen LogP contribution in [0.25, 0.3) is 58.8 Å². The predicted octanol–water partition coefficient (Wildman–Crippen LogP) is 14.3. The number of aromatic nitrogens is 1. The standard InChI is InChI=1S/C53H36N2S/c1-53(2)47-32-35(24-27-41(47)45-30-31-46-42-20-12-13-21-48(42)55(52(46)51(45)53)39-18-10-5-11-19-39)22-23-36-25-28-43-44-29-26-40(34-50(44)56-49(43)33-36)54(37-14-6-3-7-15-37)38-16-8-4-9-17-38/h3-21,24-34H,1-2H3. The normalized spacial score (nSPS) is 12.8. The van der Waals surface area contributed by atoms with Crippen LogP contribution < -0.4 is 4.90 Å². The van der Waals surface area contributed by atoms with Gasteiger partial charge in [-0.25, -0.2) is 0 Å². The van der Waals surface area contributed by atoms with Crippen LogP contribution in [0.5, 0.6) is 0 Å². The van der Waals surface area contributed by atoms with E-state index in [0.717, 1.165) is 28.2 Å². The molecular formula is C53H36N2S. The molecule has 0 bridgehead atoms. The molecule has 0 amide bonds. The second-order valence-electron chi connectivity index (χ2n) is 15.2. The number of anilines is 3. The Bertz CT molecular complexity index is 3170. The lowest BCUT2D eigenvalue weighted by atomic mass is 9.81. The minimum atomic E-state index is -0.214. The number of hydrogen-bond donors (Lipinski definition) is 0. The van der Waals surface area contributed by atoms with E-state index >= 15 is 0 Å². The van der Waals surface area contributed by atoms with Crippen molar-refractivity contribution in [1.29, 1.82) is 0 Å². The molecule has 3 heteroatoms. The summed E-state index contributed by atoms with van der Waals surface area (Å²) in [5.74, 6) is 7.08. The fourth-order valence-corrected chi connectivity index (χ4v) is 10.2. The van der Waals surface area contributed by atoms with Crippen LogP contribution in [-0.2, 0) is 5.41 Å². The molecule has 10 aromatic rings. The van der Waals surface area contributed by atoms with Crippen LogP contribution in [0.3, 0.4) is 0 Å². The molecule has 2 nitrogen and oxygen atoms in total. The second kappa shape index (κ2) is 12.6. The fourth-order valence-electron chi connectivity index (χ4n) is 9.00. The topological polar surface area (TPSA) is 8.17 Å². The van der Waals surface area contributed by atoms with Gasteiger partial charge in [-0.05, 0) is 101 Å². The Morgan fingerprint density at radius 1 is 0.482 bits per heavy atom. The quantitative estimate of drug-likeness (QED) is 0.164. The number of benzene rings is 8. The summed E-state index contributed by atoms with van der Waals surface area (Å²) in [7, 11) is 0. The van der Waals surface area contributed by atoms with Gasteiger partial charge in [-0.15, -0.1) is 11.3 Å². The van der Waals surface area contributed by atoms with Crippen molar-refractivity contribution < 1.29 is 0 Å². The summed E-state index contributed by atoms with van der Waals surface area (Å²) < 4.78 is 4.98. The third kappa shape index (κ3) is 5.04. The van der Waals surface area contributed by atoms with Crippen molar-refractivity contribution >= 4 is 70.4 Å². The summed E-state index contributed by atoms with van der Waals surface area (Å²) in [6.45, 7) is 4.75. The zero-order valence-corrected chi connectivity index (χ0v) is 31.9. The summed E-state index contributed by atoms with van der Waals surface area (Å²) in [5, 5.41) is 5.12. The van der Waals surface area contributed by atoms with Gasteiger partial charge in [0, 0.05) is 70.2 Å². The first-order valence-electron chi connectivity index (χ1n) is 19.2. The molecule has 8 aromatic carbocycles. The van der Waals surface area contributed by atoms with Crippen LogP contribution in [-0.4, -0.2) is 4.57 Å². The number of hydrogen-bond acceptors (Lipinski definition) is 2. The van der Waals surface area contributed by atoms with E-state index in [1.54, 1.807) is 0 Å². The molecule has 1 aliphatic rings. The maximum Gasteiger partial charge on any atom is 0.0588 e. The van der Waals surface area contributed by atoms with Crippen LogP contribution in [0.2, 0.25) is 0 Å². The molecule has 0 radical (unpaired) electrons. The maximum absolute atomic E-state index is 3.55. The predicted molar refractivity (Wildman–Crippen MR) is 238 cm³/mol. The van der Waals surface area contributed by atoms with Gasteiger partial charge in [-0.2, -0.15) is 0 Å². The van der Waals surface area contributed by atoms with Gasteiger partial charge in [0.2, 0.25) is 0 Å². The van der Waals surface area contributed by atoms with Gasteiger partial charge in [-0.1, -0.05) is 129 Å². The Labute approximate surface area is 330 Å². The summed E-state index contributed by atoms with van der Waals surface area (Å²) in [6, 6.07) is 65.7. The minimum absolute atomic E-state index is 0.214. The van der Waals surface area contributed by atoms with Crippen molar-refractivity contribution in [2.45, 2.75) is 19.3 Å². The second-order valence-corrected chi connectivity index (χ2v) is 16.3. The van der Waals surface area contributed by atoms with Gasteiger partial charge in [0.1, 0.15) is 0 Å². The molecule has 1 aliphatic carbocycles. The molecule has 56 heavy (non-hydrogen) atoms. The van der Waals surface area contributed by atoms with Crippen LogP contribution >= 0.6 is 11.3 Å². The average molecular weight is 733 g/mol. The van der Waals surface area contributed by atoms with E-state index in [1.165, 1.54) is 69.9 Å². The SMILES string of the molecule is CC1(C)c2cc(C#Cc3ccc4c(c3)sc3cc(N(c5ccccc5)c5ccccc5)ccc34)ccc2-c2ccc3c4ccccc4n(-c4ccccc4)c3c21. The van der Waals surface area contributed by atoms with Crippen molar-refractivity contribution in [2.75, 3.05) is 4.90 Å². The van der Waals surface area contributed by atoms with E-state index in [2.05, 4.69) is 217 Å². The van der Waals surface area contributed by atoms with Crippen molar-refractivity contribution in [3.63, 3.8) is 0 Å². The highest BCUT2D eigenvalue weighted by Gasteiger charge is 2.38. The molecule has 0 unspecified atom stereocenters. The third-order valence-corrected chi connectivity index (χ3v) is 12.7. The molecule has 0 saturated heterocycles. The van der Waals surface area contributed by atoms with E-state index in [9.17, 15) is 0 Å². The van der Waals surface area contributed by atoms with E-state index < -0.39 is 0 Å². The summed E-state index contributed by atoms with van der Waals surface area (Å²) in [4.78, 5) is 2.32. The molecule has 0 atom stereocenters. The van der Waals surface area contributed by atoms with Gasteiger partial charge >= 0.3 is 0 Å². The molecule has 0 N–H and O–H groups in total. The van der Waals surface area contributed by atoms with Crippen molar-refractivity contribution in [2.24, 2.45) is 0 Å². The van der Waals surface area contributed by atoms with Gasteiger partial charge in [0.25, 0.3) is 0 Å². The highest BCUT2D eigenvalue weighted by Crippen LogP contribution is 2.53. The fraction of sp³-hybridized carbons (Fsp3) is 0.0566. The number of nitrogens with zero attached hydrogens (tertiary/aromatic N) is 2. The highest BCUT2D eigenvalue weighted by molar-refractivity contribution is 7.25. The molecule has 2 heterocycles. The Morgan fingerprint density at radius 3 is 1.79 bits per heavy atom. The van der Waals surface area contributed by atoms with E-state index in [1.807, 2.05) is 11.3 Å². The lowest BCUT2D eigenvalue weighted by Crippen LogP contribution is -2.16. The smallest absolute Gasteiger partial charge is 0.0588 e. The molecule has 2 aromatic heterocycles. The number of fused-ring (bicyclic) bond motifs is 10. The third-order valence-electron chi connectivity index (χ3n) is 11.6. The molecule has 0 fully saturated rings. The Hall–Kier alpha value is -6.86. The Kier molecular flexibility index (Phi) is 7.33. The molecule has 0 saturated carbocycles.